The van der Waals surface area contributed by atoms with E-state index in [0.717, 1.165) is 32.7 Å². The van der Waals surface area contributed by atoms with Crippen molar-refractivity contribution < 1.29 is 4.74 Å². The summed E-state index contributed by atoms with van der Waals surface area (Å²) < 4.78 is 8.22. The van der Waals surface area contributed by atoms with Crippen LogP contribution >= 0.6 is 0 Å². The average molecular weight is 340 g/mol. The third-order valence-electron chi connectivity index (χ3n) is 5.38. The zero-order valence-corrected chi connectivity index (χ0v) is 15.2. The molecule has 4 rings (SSSR count). The van der Waals surface area contributed by atoms with Crippen LogP contribution in [0.15, 0.2) is 36.7 Å². The van der Waals surface area contributed by atoms with E-state index >= 15 is 0 Å². The number of nitrogens with one attached hydrogen (secondary N) is 1. The van der Waals surface area contributed by atoms with E-state index < -0.39 is 0 Å². The molecule has 2 fully saturated rings. The van der Waals surface area contributed by atoms with Crippen molar-refractivity contribution in [3.8, 4) is 0 Å². The minimum Gasteiger partial charge on any atom is -0.380 e. The van der Waals surface area contributed by atoms with Crippen LogP contribution in [0.3, 0.4) is 0 Å². The molecule has 1 spiro atoms. The second-order valence-corrected chi connectivity index (χ2v) is 7.75. The predicted molar refractivity (Wildman–Crippen MR) is 99.6 cm³/mol. The molecule has 2 aliphatic rings. The monoisotopic (exact) mass is 340 g/mol. The van der Waals surface area contributed by atoms with E-state index in [1.807, 2.05) is 17.9 Å². The van der Waals surface area contributed by atoms with E-state index in [1.54, 1.807) is 0 Å². The van der Waals surface area contributed by atoms with Gasteiger partial charge < -0.3 is 10.1 Å². The van der Waals surface area contributed by atoms with Crippen LogP contribution in [0, 0.1) is 6.92 Å². The van der Waals surface area contributed by atoms with Crippen LogP contribution in [0.25, 0.3) is 0 Å². The first kappa shape index (κ1) is 16.6. The van der Waals surface area contributed by atoms with Gasteiger partial charge in [0.1, 0.15) is 0 Å². The fourth-order valence-electron chi connectivity index (χ4n) is 4.33. The maximum absolute atomic E-state index is 6.34. The molecular weight excluding hydrogens is 312 g/mol. The second kappa shape index (κ2) is 6.81. The van der Waals surface area contributed by atoms with Crippen molar-refractivity contribution in [3.05, 3.63) is 47.8 Å². The Labute approximate surface area is 150 Å². The first-order valence-electron chi connectivity index (χ1n) is 9.27. The Morgan fingerprint density at radius 1 is 1.40 bits per heavy atom. The van der Waals surface area contributed by atoms with Gasteiger partial charge in [0.05, 0.1) is 24.4 Å². The van der Waals surface area contributed by atoms with E-state index in [2.05, 4.69) is 52.7 Å². The molecule has 1 aromatic heterocycles. The van der Waals surface area contributed by atoms with Gasteiger partial charge in [0.2, 0.25) is 0 Å². The topological polar surface area (TPSA) is 42.3 Å². The lowest BCUT2D eigenvalue weighted by molar-refractivity contribution is -0.0533. The van der Waals surface area contributed by atoms with Gasteiger partial charge in [-0.15, -0.1) is 0 Å². The molecule has 134 valence electrons. The first-order chi connectivity index (χ1) is 12.1. The summed E-state index contributed by atoms with van der Waals surface area (Å²) in [4.78, 5) is 2.52. The molecule has 25 heavy (non-hydrogen) atoms. The largest absolute Gasteiger partial charge is 0.380 e. The number of ether oxygens (including phenoxy) is 1. The number of anilines is 1. The lowest BCUT2D eigenvalue weighted by Gasteiger charge is -2.39. The highest BCUT2D eigenvalue weighted by molar-refractivity contribution is 5.46. The summed E-state index contributed by atoms with van der Waals surface area (Å²) in [5, 5.41) is 7.95. The zero-order chi connectivity index (χ0) is 17.3. The summed E-state index contributed by atoms with van der Waals surface area (Å²) in [6, 6.07) is 9.00. The van der Waals surface area contributed by atoms with Gasteiger partial charge in [-0.05, 0) is 50.4 Å². The van der Waals surface area contributed by atoms with Crippen molar-refractivity contribution in [3.63, 3.8) is 0 Å². The average Bonchev–Trinajstić information content (AvgIpc) is 3.14. The third kappa shape index (κ3) is 3.88. The van der Waals surface area contributed by atoms with Gasteiger partial charge in [-0.2, -0.15) is 5.10 Å². The van der Waals surface area contributed by atoms with Crippen molar-refractivity contribution in [2.45, 2.75) is 44.4 Å². The van der Waals surface area contributed by atoms with Crippen LogP contribution in [0.4, 0.5) is 5.69 Å². The number of nitrogens with zero attached hydrogens (tertiary/aromatic N) is 3. The second-order valence-electron chi connectivity index (χ2n) is 7.75. The summed E-state index contributed by atoms with van der Waals surface area (Å²) in [5.41, 5.74) is 3.79. The molecule has 5 heteroatoms. The number of aryl methyl sites for hydroxylation is 2. The Morgan fingerprint density at radius 3 is 3.12 bits per heavy atom. The maximum Gasteiger partial charge on any atom is 0.0830 e. The standard InChI is InChI=1S/C20H28N4O/c1-16-5-3-6-18(9-16)22-19-10-20(25-14-19)7-4-8-24(15-20)13-17-11-21-23(2)12-17/h3,5-6,9,11-12,19,22H,4,7-8,10,13-15H2,1-2H3/t19-,20-/m0/s1. The molecule has 2 atom stereocenters. The van der Waals surface area contributed by atoms with Crippen LogP contribution in [0.2, 0.25) is 0 Å². The number of rotatable bonds is 4. The molecule has 0 unspecified atom stereocenters. The predicted octanol–water partition coefficient (Wildman–Crippen LogP) is 2.96. The molecule has 0 amide bonds. The minimum atomic E-state index is 0.0158. The molecule has 2 saturated heterocycles. The summed E-state index contributed by atoms with van der Waals surface area (Å²) in [6.45, 7) is 6.07. The van der Waals surface area contributed by atoms with Crippen molar-refractivity contribution in [1.82, 2.24) is 14.7 Å². The smallest absolute Gasteiger partial charge is 0.0830 e. The van der Waals surface area contributed by atoms with E-state index in [9.17, 15) is 0 Å². The fourth-order valence-corrected chi connectivity index (χ4v) is 4.33. The van der Waals surface area contributed by atoms with Crippen LogP contribution in [-0.4, -0.2) is 46.0 Å². The number of hydrogen-bond acceptors (Lipinski definition) is 4. The van der Waals surface area contributed by atoms with Gasteiger partial charge in [0.25, 0.3) is 0 Å². The molecule has 1 N–H and O–H groups in total. The molecule has 1 aromatic carbocycles. The van der Waals surface area contributed by atoms with Crippen LogP contribution < -0.4 is 5.32 Å². The Kier molecular flexibility index (Phi) is 4.52. The van der Waals surface area contributed by atoms with Crippen molar-refractivity contribution in [2.24, 2.45) is 7.05 Å². The van der Waals surface area contributed by atoms with Crippen molar-refractivity contribution in [1.29, 1.82) is 0 Å². The molecule has 3 heterocycles. The molecule has 0 saturated carbocycles. The summed E-state index contributed by atoms with van der Waals surface area (Å²) in [5.74, 6) is 0. The van der Waals surface area contributed by atoms with Gasteiger partial charge in [0, 0.05) is 37.6 Å². The lowest BCUT2D eigenvalue weighted by atomic mass is 9.88. The lowest BCUT2D eigenvalue weighted by Crippen LogP contribution is -2.47. The normalized spacial score (nSPS) is 27.0. The molecule has 0 bridgehead atoms. The van der Waals surface area contributed by atoms with Gasteiger partial charge in [0.15, 0.2) is 0 Å². The van der Waals surface area contributed by atoms with Crippen molar-refractivity contribution in [2.75, 3.05) is 25.0 Å². The van der Waals surface area contributed by atoms with Crippen molar-refractivity contribution >= 4 is 5.69 Å². The quantitative estimate of drug-likeness (QED) is 0.929. The molecule has 0 aliphatic carbocycles. The summed E-state index contributed by atoms with van der Waals surface area (Å²) in [6.07, 6.45) is 7.54. The number of likely N-dealkylation sites (tertiary alicyclic amines) is 1. The molecule has 5 nitrogen and oxygen atoms in total. The minimum absolute atomic E-state index is 0.0158. The summed E-state index contributed by atoms with van der Waals surface area (Å²) in [7, 11) is 1.98. The molecule has 0 radical (unpaired) electrons. The van der Waals surface area contributed by atoms with Gasteiger partial charge in [-0.25, -0.2) is 0 Å². The Morgan fingerprint density at radius 2 is 2.32 bits per heavy atom. The third-order valence-corrected chi connectivity index (χ3v) is 5.38. The van der Waals surface area contributed by atoms with Gasteiger partial charge in [-0.3, -0.25) is 9.58 Å². The Balaban J connectivity index is 1.37. The SMILES string of the molecule is Cc1cccc(N[C@@H]2CO[C@@]3(CCCN(Cc4cnn(C)c4)C3)C2)c1. The Hall–Kier alpha value is -1.85. The van der Waals surface area contributed by atoms with E-state index in [4.69, 9.17) is 4.74 Å². The molecular formula is C20H28N4O. The van der Waals surface area contributed by atoms with Gasteiger partial charge >= 0.3 is 0 Å². The van der Waals surface area contributed by atoms with Crippen LogP contribution in [0.1, 0.15) is 30.4 Å². The number of hydrogen-bond donors (Lipinski definition) is 1. The highest BCUT2D eigenvalue weighted by Crippen LogP contribution is 2.36. The zero-order valence-electron chi connectivity index (χ0n) is 15.2. The number of piperidine rings is 1. The molecule has 2 aliphatic heterocycles. The van der Waals surface area contributed by atoms with E-state index in [0.29, 0.717) is 6.04 Å². The maximum atomic E-state index is 6.34. The van der Waals surface area contributed by atoms with Gasteiger partial charge in [-0.1, -0.05) is 12.1 Å². The number of aromatic nitrogens is 2. The van der Waals surface area contributed by atoms with E-state index in [1.165, 1.54) is 29.7 Å². The number of benzene rings is 1. The Bertz CT molecular complexity index is 728. The first-order valence-corrected chi connectivity index (χ1v) is 9.27. The van der Waals surface area contributed by atoms with E-state index in [-0.39, 0.29) is 5.60 Å². The fraction of sp³-hybridized carbons (Fsp3) is 0.550. The highest BCUT2D eigenvalue weighted by Gasteiger charge is 2.43. The summed E-state index contributed by atoms with van der Waals surface area (Å²) >= 11 is 0. The molecule has 2 aromatic rings. The van der Waals surface area contributed by atoms with Crippen LogP contribution in [-0.2, 0) is 18.3 Å². The highest BCUT2D eigenvalue weighted by atomic mass is 16.5. The van der Waals surface area contributed by atoms with Crippen LogP contribution in [0.5, 0.6) is 0 Å².